The summed E-state index contributed by atoms with van der Waals surface area (Å²) >= 11 is 0. The molecule has 1 rings (SSSR count). The molecule has 122 valence electrons. The van der Waals surface area contributed by atoms with E-state index in [9.17, 15) is 9.59 Å². The van der Waals surface area contributed by atoms with Gasteiger partial charge in [-0.15, -0.1) is 0 Å². The van der Waals surface area contributed by atoms with Crippen LogP contribution in [0, 0.1) is 0 Å². The van der Waals surface area contributed by atoms with Crippen molar-refractivity contribution >= 4 is 17.7 Å². The fraction of sp³-hybridized carbons (Fsp3) is 0.467. The number of carbonyl (C=O) groups excluding carboxylic acids is 2. The fourth-order valence-corrected chi connectivity index (χ4v) is 1.97. The Morgan fingerprint density at radius 2 is 1.59 bits per heavy atom. The zero-order valence-electron chi connectivity index (χ0n) is 13.6. The molecule has 0 spiro atoms. The number of nitrogens with zero attached hydrogens (tertiary/aromatic N) is 1. The van der Waals surface area contributed by atoms with Crippen molar-refractivity contribution in [1.82, 2.24) is 4.90 Å². The van der Waals surface area contributed by atoms with Gasteiger partial charge in [0.15, 0.2) is 11.5 Å². The molecule has 0 radical (unpaired) electrons. The first-order valence-electron chi connectivity index (χ1n) is 6.92. The summed E-state index contributed by atoms with van der Waals surface area (Å²) in [6, 6.07) is 2.71. The molecule has 1 aromatic rings. The predicted molar refractivity (Wildman–Crippen MR) is 82.8 cm³/mol. The van der Waals surface area contributed by atoms with Gasteiger partial charge in [0, 0.05) is 25.2 Å². The lowest BCUT2D eigenvalue weighted by Gasteiger charge is -2.21. The molecule has 2 amide bonds. The van der Waals surface area contributed by atoms with Gasteiger partial charge in [-0.3, -0.25) is 0 Å². The van der Waals surface area contributed by atoms with Crippen molar-refractivity contribution in [3.8, 4) is 11.5 Å². The monoisotopic (exact) mass is 310 g/mol. The van der Waals surface area contributed by atoms with Crippen LogP contribution in [0.2, 0.25) is 0 Å². The third kappa shape index (κ3) is 3.81. The minimum Gasteiger partial charge on any atom is -0.493 e. The second kappa shape index (κ2) is 8.11. The highest BCUT2D eigenvalue weighted by Crippen LogP contribution is 2.33. The van der Waals surface area contributed by atoms with E-state index in [0.717, 1.165) is 0 Å². The van der Waals surface area contributed by atoms with Gasteiger partial charge in [0.05, 0.1) is 32.6 Å². The minimum absolute atomic E-state index is 0.195. The van der Waals surface area contributed by atoms with E-state index in [1.54, 1.807) is 4.90 Å². The van der Waals surface area contributed by atoms with Gasteiger partial charge in [-0.05, 0) is 13.8 Å². The Balaban J connectivity index is 3.25. The standard InChI is InChI=1S/C15H22N2O5/c1-6-17(7-2)15(19)16-11-9-13(21-4)12(20-3)8-10(11)14(18)22-5/h8-9H,6-7H2,1-5H3,(H,16,19). The Morgan fingerprint density at radius 1 is 1.05 bits per heavy atom. The van der Waals surface area contributed by atoms with Gasteiger partial charge in [-0.25, -0.2) is 9.59 Å². The molecule has 7 nitrogen and oxygen atoms in total. The molecule has 1 N–H and O–H groups in total. The average molecular weight is 310 g/mol. The van der Waals surface area contributed by atoms with Crippen LogP contribution in [0.15, 0.2) is 12.1 Å². The highest BCUT2D eigenvalue weighted by molar-refractivity contribution is 6.01. The van der Waals surface area contributed by atoms with Crippen molar-refractivity contribution in [1.29, 1.82) is 0 Å². The third-order valence-corrected chi connectivity index (χ3v) is 3.22. The van der Waals surface area contributed by atoms with E-state index < -0.39 is 5.97 Å². The summed E-state index contributed by atoms with van der Waals surface area (Å²) in [5.41, 5.74) is 0.502. The lowest BCUT2D eigenvalue weighted by Crippen LogP contribution is -2.34. The molecule has 0 unspecified atom stereocenters. The van der Waals surface area contributed by atoms with Crippen LogP contribution in [0.5, 0.6) is 11.5 Å². The maximum absolute atomic E-state index is 12.2. The number of urea groups is 1. The number of esters is 1. The van der Waals surface area contributed by atoms with Crippen LogP contribution in [0.1, 0.15) is 24.2 Å². The van der Waals surface area contributed by atoms with Crippen molar-refractivity contribution in [2.24, 2.45) is 0 Å². The normalized spacial score (nSPS) is 9.86. The van der Waals surface area contributed by atoms with Crippen molar-refractivity contribution in [2.75, 3.05) is 39.7 Å². The van der Waals surface area contributed by atoms with Gasteiger partial charge in [-0.1, -0.05) is 0 Å². The van der Waals surface area contributed by atoms with Gasteiger partial charge in [-0.2, -0.15) is 0 Å². The molecule has 0 saturated carbocycles. The first kappa shape index (κ1) is 17.6. The molecular formula is C15H22N2O5. The summed E-state index contributed by atoms with van der Waals surface area (Å²) in [5, 5.41) is 2.70. The lowest BCUT2D eigenvalue weighted by molar-refractivity contribution is 0.0601. The van der Waals surface area contributed by atoms with Crippen LogP contribution in [0.25, 0.3) is 0 Å². The molecule has 22 heavy (non-hydrogen) atoms. The van der Waals surface area contributed by atoms with E-state index in [0.29, 0.717) is 30.3 Å². The maximum atomic E-state index is 12.2. The molecule has 0 atom stereocenters. The molecule has 0 aliphatic heterocycles. The number of anilines is 1. The van der Waals surface area contributed by atoms with Gasteiger partial charge in [0.25, 0.3) is 0 Å². The molecule has 0 aliphatic rings. The molecule has 0 fully saturated rings. The number of benzene rings is 1. The zero-order valence-corrected chi connectivity index (χ0v) is 13.6. The Kier molecular flexibility index (Phi) is 6.49. The number of carbonyl (C=O) groups is 2. The molecule has 0 saturated heterocycles. The summed E-state index contributed by atoms with van der Waals surface area (Å²) in [6.07, 6.45) is 0. The third-order valence-electron chi connectivity index (χ3n) is 3.22. The highest BCUT2D eigenvalue weighted by Gasteiger charge is 2.20. The number of nitrogens with one attached hydrogen (secondary N) is 1. The second-order valence-electron chi connectivity index (χ2n) is 4.35. The number of rotatable bonds is 6. The lowest BCUT2D eigenvalue weighted by atomic mass is 10.1. The number of hydrogen-bond donors (Lipinski definition) is 1. The fourth-order valence-electron chi connectivity index (χ4n) is 1.97. The summed E-state index contributed by atoms with van der Waals surface area (Å²) < 4.78 is 15.1. The largest absolute Gasteiger partial charge is 0.493 e. The van der Waals surface area contributed by atoms with E-state index in [2.05, 4.69) is 5.32 Å². The van der Waals surface area contributed by atoms with Crippen LogP contribution in [0.4, 0.5) is 10.5 Å². The number of ether oxygens (including phenoxy) is 3. The van der Waals surface area contributed by atoms with E-state index in [-0.39, 0.29) is 11.6 Å². The molecule has 0 aromatic heterocycles. The quantitative estimate of drug-likeness (QED) is 0.816. The first-order chi connectivity index (χ1) is 10.5. The van der Waals surface area contributed by atoms with Crippen LogP contribution >= 0.6 is 0 Å². The van der Waals surface area contributed by atoms with E-state index in [4.69, 9.17) is 14.2 Å². The summed E-state index contributed by atoms with van der Waals surface area (Å²) in [5.74, 6) is 0.213. The Hall–Kier alpha value is -2.44. The molecule has 7 heteroatoms. The van der Waals surface area contributed by atoms with Crippen molar-refractivity contribution in [3.05, 3.63) is 17.7 Å². The van der Waals surface area contributed by atoms with Crippen LogP contribution < -0.4 is 14.8 Å². The van der Waals surface area contributed by atoms with Crippen molar-refractivity contribution in [3.63, 3.8) is 0 Å². The molecule has 0 aliphatic carbocycles. The zero-order chi connectivity index (χ0) is 16.7. The van der Waals surface area contributed by atoms with Crippen LogP contribution in [-0.2, 0) is 4.74 Å². The topological polar surface area (TPSA) is 77.1 Å². The summed E-state index contributed by atoms with van der Waals surface area (Å²) in [4.78, 5) is 25.7. The SMILES string of the molecule is CCN(CC)C(=O)Nc1cc(OC)c(OC)cc1C(=O)OC. The predicted octanol–water partition coefficient (Wildman–Crippen LogP) is 2.36. The first-order valence-corrected chi connectivity index (χ1v) is 6.92. The smallest absolute Gasteiger partial charge is 0.340 e. The van der Waals surface area contributed by atoms with E-state index in [1.165, 1.54) is 33.5 Å². The van der Waals surface area contributed by atoms with E-state index in [1.807, 2.05) is 13.8 Å². The summed E-state index contributed by atoms with van der Waals surface area (Å²) in [7, 11) is 4.22. The van der Waals surface area contributed by atoms with Gasteiger partial charge >= 0.3 is 12.0 Å². The van der Waals surface area contributed by atoms with Crippen molar-refractivity contribution < 1.29 is 23.8 Å². The second-order valence-corrected chi connectivity index (χ2v) is 4.35. The minimum atomic E-state index is -0.573. The molecular weight excluding hydrogens is 288 g/mol. The average Bonchev–Trinajstić information content (AvgIpc) is 2.54. The Morgan fingerprint density at radius 3 is 2.05 bits per heavy atom. The Labute approximate surface area is 130 Å². The Bertz CT molecular complexity index is 541. The van der Waals surface area contributed by atoms with Gasteiger partial charge < -0.3 is 24.4 Å². The number of methoxy groups -OCH3 is 3. The molecule has 1 aromatic carbocycles. The summed E-state index contributed by atoms with van der Waals surface area (Å²) in [6.45, 7) is 4.87. The highest BCUT2D eigenvalue weighted by atomic mass is 16.5. The maximum Gasteiger partial charge on any atom is 0.340 e. The van der Waals surface area contributed by atoms with E-state index >= 15 is 0 Å². The van der Waals surface area contributed by atoms with Crippen molar-refractivity contribution in [2.45, 2.75) is 13.8 Å². The van der Waals surface area contributed by atoms with Gasteiger partial charge in [0.2, 0.25) is 0 Å². The number of hydrogen-bond acceptors (Lipinski definition) is 5. The van der Waals surface area contributed by atoms with Gasteiger partial charge in [0.1, 0.15) is 0 Å². The number of amides is 2. The molecule has 0 heterocycles. The van der Waals surface area contributed by atoms with Crippen LogP contribution in [-0.4, -0.2) is 51.3 Å². The molecule has 0 bridgehead atoms. The van der Waals surface area contributed by atoms with Crippen LogP contribution in [0.3, 0.4) is 0 Å².